The molecular weight excluding hydrogens is 471 g/mol. The maximum absolute atomic E-state index is 6.81. The molecule has 0 radical (unpaired) electrons. The molecule has 0 aromatic rings. The first kappa shape index (κ1) is 27.5. The summed E-state index contributed by atoms with van der Waals surface area (Å²) in [6, 6.07) is 0. The van der Waals surface area contributed by atoms with E-state index in [0.717, 1.165) is 5.76 Å². The molecule has 0 saturated carbocycles. The van der Waals surface area contributed by atoms with Gasteiger partial charge >= 0.3 is 178 Å². The van der Waals surface area contributed by atoms with Crippen LogP contribution in [0.25, 0.3) is 0 Å². The summed E-state index contributed by atoms with van der Waals surface area (Å²) in [6.45, 7) is 34.9. The summed E-state index contributed by atoms with van der Waals surface area (Å²) in [7, 11) is -3.36. The zero-order valence-electron chi connectivity index (χ0n) is 21.0. The van der Waals surface area contributed by atoms with E-state index in [1.54, 1.807) is 0 Å². The van der Waals surface area contributed by atoms with Crippen molar-refractivity contribution in [3.05, 3.63) is 15.1 Å². The molecule has 0 aliphatic heterocycles. The van der Waals surface area contributed by atoms with Crippen LogP contribution in [0.4, 0.5) is 0 Å². The Bertz CT molecular complexity index is 536. The van der Waals surface area contributed by atoms with Crippen molar-refractivity contribution < 1.29 is 8.85 Å². The van der Waals surface area contributed by atoms with Gasteiger partial charge in [0.15, 0.2) is 0 Å². The van der Waals surface area contributed by atoms with Gasteiger partial charge in [-0.25, -0.2) is 0 Å². The Kier molecular flexibility index (Phi) is 9.73. The molecule has 160 valence electrons. The quantitative estimate of drug-likeness (QED) is 0.174. The third kappa shape index (κ3) is 7.69. The first-order valence-electron chi connectivity index (χ1n) is 10.6. The molecule has 2 nitrogen and oxygen atoms in total. The van der Waals surface area contributed by atoms with Gasteiger partial charge in [0, 0.05) is 0 Å². The Morgan fingerprint density at radius 3 is 1.41 bits per heavy atom. The molecule has 0 fully saturated rings. The molecule has 0 aromatic heterocycles. The van der Waals surface area contributed by atoms with Crippen molar-refractivity contribution in [1.82, 2.24) is 0 Å². The van der Waals surface area contributed by atoms with Crippen molar-refractivity contribution in [1.29, 1.82) is 0 Å². The van der Waals surface area contributed by atoms with Crippen LogP contribution in [0.5, 0.6) is 0 Å². The monoisotopic (exact) mass is 520 g/mol. The molecule has 0 atom stereocenters. The zero-order valence-corrected chi connectivity index (χ0v) is 25.9. The molecule has 0 aromatic carbocycles. The standard InChI is InChI=1S/C13H27O2Si2.3C3H7.Sn/c1-12(14-16(4,5)6)10-11-13(2,3)15-17(7,8)9;3*1-3-2;/h1-9H3;3*3H,1-2H3;. The Morgan fingerprint density at radius 1 is 0.778 bits per heavy atom. The Hall–Kier alpha value is 0.512. The number of hydrogen-bond donors (Lipinski definition) is 0. The summed E-state index contributed by atoms with van der Waals surface area (Å²) >= 11 is -2.89. The Morgan fingerprint density at radius 2 is 1.15 bits per heavy atom. The van der Waals surface area contributed by atoms with Gasteiger partial charge in [-0.2, -0.15) is 0 Å². The molecule has 0 heterocycles. The van der Waals surface area contributed by atoms with E-state index >= 15 is 0 Å². The van der Waals surface area contributed by atoms with E-state index in [-0.39, 0.29) is 5.60 Å². The van der Waals surface area contributed by atoms with Gasteiger partial charge in [-0.05, 0) is 0 Å². The van der Waals surface area contributed by atoms with E-state index in [2.05, 4.69) is 107 Å². The molecule has 0 bridgehead atoms. The number of rotatable bonds is 9. The summed E-state index contributed by atoms with van der Waals surface area (Å²) in [6.07, 6.45) is 0. The van der Waals surface area contributed by atoms with Gasteiger partial charge in [0.05, 0.1) is 0 Å². The van der Waals surface area contributed by atoms with Crippen LogP contribution in [-0.2, 0) is 8.85 Å². The normalized spacial score (nSPS) is 14.0. The van der Waals surface area contributed by atoms with Gasteiger partial charge in [-0.3, -0.25) is 0 Å². The molecular formula is C22H48O2Si2Sn. The zero-order chi connectivity index (χ0) is 22.0. The molecule has 0 unspecified atom stereocenters. The van der Waals surface area contributed by atoms with Gasteiger partial charge in [-0.15, -0.1) is 0 Å². The van der Waals surface area contributed by atoms with Gasteiger partial charge in [0.2, 0.25) is 0 Å². The van der Waals surface area contributed by atoms with Crippen LogP contribution in [0.1, 0.15) is 62.3 Å². The fourth-order valence-electron chi connectivity index (χ4n) is 5.12. The van der Waals surface area contributed by atoms with Crippen LogP contribution in [-0.4, -0.2) is 40.6 Å². The van der Waals surface area contributed by atoms with E-state index in [4.69, 9.17) is 8.85 Å². The van der Waals surface area contributed by atoms with Gasteiger partial charge in [0.25, 0.3) is 0 Å². The third-order valence-corrected chi connectivity index (χ3v) is 28.2. The third-order valence-electron chi connectivity index (χ3n) is 5.22. The molecule has 0 spiro atoms. The Balaban J connectivity index is 7.00. The van der Waals surface area contributed by atoms with Crippen LogP contribution >= 0.6 is 0 Å². The second-order valence-electron chi connectivity index (χ2n) is 11.4. The van der Waals surface area contributed by atoms with Gasteiger partial charge < -0.3 is 0 Å². The summed E-state index contributed by atoms with van der Waals surface area (Å²) in [5, 5.41) is 0. The second kappa shape index (κ2) is 9.55. The van der Waals surface area contributed by atoms with Crippen LogP contribution < -0.4 is 0 Å². The predicted molar refractivity (Wildman–Crippen MR) is 130 cm³/mol. The van der Waals surface area contributed by atoms with E-state index in [1.807, 2.05) is 0 Å². The van der Waals surface area contributed by atoms with Crippen molar-refractivity contribution in [2.24, 2.45) is 0 Å². The van der Waals surface area contributed by atoms with Crippen molar-refractivity contribution in [3.8, 4) is 0 Å². The topological polar surface area (TPSA) is 18.5 Å². The van der Waals surface area contributed by atoms with Crippen LogP contribution in [0.3, 0.4) is 0 Å². The van der Waals surface area contributed by atoms with E-state index in [1.165, 1.54) is 3.59 Å². The first-order valence-corrected chi connectivity index (χ1v) is 23.8. The minimum atomic E-state index is -2.89. The Labute approximate surface area is 177 Å². The van der Waals surface area contributed by atoms with Crippen LogP contribution in [0.2, 0.25) is 51.1 Å². The summed E-state index contributed by atoms with van der Waals surface area (Å²) < 4.78 is 16.7. The molecule has 5 heteroatoms. The average Bonchev–Trinajstić information content (AvgIpc) is 2.31. The summed E-state index contributed by atoms with van der Waals surface area (Å²) in [4.78, 5) is 0. The maximum atomic E-state index is 6.81. The fraction of sp³-hybridized carbons (Fsp3) is 0.864. The van der Waals surface area contributed by atoms with Crippen LogP contribution in [0.15, 0.2) is 15.1 Å². The molecule has 0 aliphatic carbocycles. The minimum absolute atomic E-state index is 0.288. The molecule has 0 rings (SSSR count). The second-order valence-corrected chi connectivity index (χ2v) is 36.9. The SMILES string of the molecule is CC(=C=[C](C(C)(C)O[Si](C)(C)C)[Sn]([CH](C)C)([CH](C)C)[CH](C)C)O[Si](C)(C)C. The van der Waals surface area contributed by atoms with E-state index in [9.17, 15) is 0 Å². The van der Waals surface area contributed by atoms with E-state index < -0.39 is 35.0 Å². The molecule has 0 N–H and O–H groups in total. The van der Waals surface area contributed by atoms with Crippen molar-refractivity contribution in [2.75, 3.05) is 0 Å². The van der Waals surface area contributed by atoms with E-state index in [0.29, 0.717) is 11.8 Å². The molecule has 0 amide bonds. The van der Waals surface area contributed by atoms with Crippen LogP contribution in [0, 0.1) is 0 Å². The summed E-state index contributed by atoms with van der Waals surface area (Å²) in [5.74, 6) is 0.958. The molecule has 0 saturated heterocycles. The average molecular weight is 520 g/mol. The van der Waals surface area contributed by atoms with Crippen molar-refractivity contribution >= 4 is 35.0 Å². The predicted octanol–water partition coefficient (Wildman–Crippen LogP) is 8.12. The fourth-order valence-corrected chi connectivity index (χ4v) is 28.6. The summed E-state index contributed by atoms with van der Waals surface area (Å²) in [5.41, 5.74) is 3.57. The molecule has 27 heavy (non-hydrogen) atoms. The molecule has 0 aliphatic rings. The van der Waals surface area contributed by atoms with Crippen molar-refractivity contribution in [2.45, 2.75) is 119 Å². The van der Waals surface area contributed by atoms with Crippen molar-refractivity contribution in [3.63, 3.8) is 0 Å². The first-order chi connectivity index (χ1) is 11.8. The number of hydrogen-bond acceptors (Lipinski definition) is 2. The van der Waals surface area contributed by atoms with Gasteiger partial charge in [0.1, 0.15) is 0 Å². The van der Waals surface area contributed by atoms with Gasteiger partial charge in [-0.1, -0.05) is 0 Å².